The molecule has 0 radical (unpaired) electrons. The third-order valence-corrected chi connectivity index (χ3v) is 5.97. The Bertz CT molecular complexity index is 1410. The summed E-state index contributed by atoms with van der Waals surface area (Å²) in [6, 6.07) is 17.5. The summed E-state index contributed by atoms with van der Waals surface area (Å²) in [6.07, 6.45) is 3.58. The van der Waals surface area contributed by atoms with E-state index < -0.39 is 11.8 Å². The van der Waals surface area contributed by atoms with Gasteiger partial charge in [0, 0.05) is 29.4 Å². The average Bonchev–Trinajstić information content (AvgIpc) is 3.27. The number of benzene rings is 2. The van der Waals surface area contributed by atoms with Crippen molar-refractivity contribution in [2.45, 2.75) is 27.7 Å². The zero-order chi connectivity index (χ0) is 25.1. The molecule has 0 saturated carbocycles. The molecule has 1 aromatic heterocycles. The van der Waals surface area contributed by atoms with E-state index in [0.717, 1.165) is 27.5 Å². The fourth-order valence-electron chi connectivity index (χ4n) is 4.15. The van der Waals surface area contributed by atoms with Gasteiger partial charge in [0.25, 0.3) is 11.8 Å². The highest BCUT2D eigenvalue weighted by atomic mass is 16.5. The summed E-state index contributed by atoms with van der Waals surface area (Å²) in [5, 5.41) is 14.4. The Kier molecular flexibility index (Phi) is 6.65. The molecule has 0 saturated heterocycles. The van der Waals surface area contributed by atoms with Gasteiger partial charge >= 0.3 is 0 Å². The van der Waals surface area contributed by atoms with Crippen LogP contribution in [-0.4, -0.2) is 39.6 Å². The first-order valence-corrected chi connectivity index (χ1v) is 11.5. The van der Waals surface area contributed by atoms with Gasteiger partial charge in [0.05, 0.1) is 12.3 Å². The molecule has 176 valence electrons. The third-order valence-electron chi connectivity index (χ3n) is 5.97. The summed E-state index contributed by atoms with van der Waals surface area (Å²) >= 11 is 0. The number of hydrogen-bond donors (Lipinski definition) is 0. The van der Waals surface area contributed by atoms with E-state index in [4.69, 9.17) is 9.84 Å². The van der Waals surface area contributed by atoms with Gasteiger partial charge in [-0.1, -0.05) is 18.2 Å². The van der Waals surface area contributed by atoms with E-state index in [1.807, 2.05) is 74.6 Å². The second-order valence-corrected chi connectivity index (χ2v) is 8.15. The summed E-state index contributed by atoms with van der Waals surface area (Å²) in [4.78, 5) is 26.9. The minimum absolute atomic E-state index is 0.0213. The second-order valence-electron chi connectivity index (χ2n) is 8.15. The van der Waals surface area contributed by atoms with Crippen LogP contribution >= 0.6 is 0 Å². The molecule has 0 spiro atoms. The van der Waals surface area contributed by atoms with E-state index in [2.05, 4.69) is 0 Å². The number of hydrogen-bond acceptors (Lipinski definition) is 5. The molecule has 0 unspecified atom stereocenters. The van der Waals surface area contributed by atoms with Crippen LogP contribution < -0.4 is 4.74 Å². The molecule has 2 amide bonds. The molecule has 0 aliphatic carbocycles. The maximum atomic E-state index is 13.2. The van der Waals surface area contributed by atoms with Gasteiger partial charge in [-0.2, -0.15) is 10.4 Å². The van der Waals surface area contributed by atoms with Gasteiger partial charge in [-0.05, 0) is 75.2 Å². The highest BCUT2D eigenvalue weighted by Crippen LogP contribution is 2.33. The number of aromatic nitrogens is 2. The molecule has 1 aliphatic heterocycles. The van der Waals surface area contributed by atoms with Crippen molar-refractivity contribution in [2.24, 2.45) is 0 Å². The number of aryl methyl sites for hydroxylation is 1. The Balaban J connectivity index is 1.93. The number of nitriles is 1. The van der Waals surface area contributed by atoms with Crippen molar-refractivity contribution in [1.82, 2.24) is 14.7 Å². The van der Waals surface area contributed by atoms with Crippen LogP contribution in [0.25, 0.3) is 23.0 Å². The van der Waals surface area contributed by atoms with E-state index in [-0.39, 0.29) is 12.1 Å². The molecular formula is C28H26N4O3. The molecular weight excluding hydrogens is 440 g/mol. The SMILES string of the molecule is CCOc1ccc(-c2nn(-c3ccccc3)cc2/C=C2/C(=O)N(CC)C(=O)C(C#N)=C2C)c(C)c1. The monoisotopic (exact) mass is 466 g/mol. The summed E-state index contributed by atoms with van der Waals surface area (Å²) in [5.74, 6) is -0.207. The first-order valence-electron chi connectivity index (χ1n) is 11.5. The standard InChI is InChI=1S/C28H26N4O3/c1-5-31-27(33)24(19(4)25(16-29)28(31)34)15-20-17-32(21-10-8-7-9-11-21)30-26(20)23-13-12-22(35-6-2)14-18(23)3/h7-15,17H,5-6H2,1-4H3/b24-15+. The van der Waals surface area contributed by atoms with Crippen molar-refractivity contribution < 1.29 is 14.3 Å². The number of carbonyl (C=O) groups is 2. The molecule has 35 heavy (non-hydrogen) atoms. The van der Waals surface area contributed by atoms with Crippen LogP contribution in [0, 0.1) is 18.3 Å². The van der Waals surface area contributed by atoms with Crippen molar-refractivity contribution >= 4 is 17.9 Å². The maximum Gasteiger partial charge on any atom is 0.271 e. The average molecular weight is 467 g/mol. The lowest BCUT2D eigenvalue weighted by molar-refractivity contribution is -0.140. The predicted molar refractivity (Wildman–Crippen MR) is 134 cm³/mol. The Morgan fingerprint density at radius 1 is 1.06 bits per heavy atom. The summed E-state index contributed by atoms with van der Waals surface area (Å²) < 4.78 is 7.40. The molecule has 0 N–H and O–H groups in total. The van der Waals surface area contributed by atoms with Gasteiger partial charge in [0.15, 0.2) is 0 Å². The highest BCUT2D eigenvalue weighted by Gasteiger charge is 2.34. The normalized spacial score (nSPS) is 15.1. The molecule has 7 nitrogen and oxygen atoms in total. The number of rotatable bonds is 6. The minimum atomic E-state index is -0.558. The smallest absolute Gasteiger partial charge is 0.271 e. The van der Waals surface area contributed by atoms with Gasteiger partial charge in [-0.3, -0.25) is 14.5 Å². The number of amides is 2. The minimum Gasteiger partial charge on any atom is -0.494 e. The number of imide groups is 1. The van der Waals surface area contributed by atoms with Gasteiger partial charge in [-0.25, -0.2) is 4.68 Å². The number of para-hydroxylation sites is 1. The van der Waals surface area contributed by atoms with Crippen LogP contribution in [0.15, 0.2) is 71.4 Å². The highest BCUT2D eigenvalue weighted by molar-refractivity contribution is 6.19. The molecule has 1 aliphatic rings. The van der Waals surface area contributed by atoms with Crippen LogP contribution in [0.3, 0.4) is 0 Å². The van der Waals surface area contributed by atoms with E-state index in [0.29, 0.717) is 29.0 Å². The van der Waals surface area contributed by atoms with E-state index >= 15 is 0 Å². The Hall–Kier alpha value is -4.44. The van der Waals surface area contributed by atoms with Crippen molar-refractivity contribution in [3.8, 4) is 28.8 Å². The molecule has 3 aromatic rings. The van der Waals surface area contributed by atoms with Crippen molar-refractivity contribution in [3.05, 3.63) is 82.6 Å². The first-order chi connectivity index (χ1) is 16.9. The molecule has 4 rings (SSSR count). The summed E-state index contributed by atoms with van der Waals surface area (Å²) in [7, 11) is 0. The Morgan fingerprint density at radius 2 is 1.80 bits per heavy atom. The molecule has 0 fully saturated rings. The molecule has 0 atom stereocenters. The predicted octanol–water partition coefficient (Wildman–Crippen LogP) is 4.86. The lowest BCUT2D eigenvalue weighted by Gasteiger charge is -2.26. The number of carbonyl (C=O) groups excluding carboxylic acids is 2. The second kappa shape index (κ2) is 9.82. The van der Waals surface area contributed by atoms with Gasteiger partial charge < -0.3 is 4.74 Å². The van der Waals surface area contributed by atoms with E-state index in [9.17, 15) is 14.9 Å². The first kappa shape index (κ1) is 23.7. The molecule has 2 heterocycles. The Labute approximate surface area is 204 Å². The fourth-order valence-corrected chi connectivity index (χ4v) is 4.15. The zero-order valence-corrected chi connectivity index (χ0v) is 20.2. The van der Waals surface area contributed by atoms with Crippen LogP contribution in [-0.2, 0) is 9.59 Å². The van der Waals surface area contributed by atoms with Crippen LogP contribution in [0.5, 0.6) is 5.75 Å². The van der Waals surface area contributed by atoms with Crippen LogP contribution in [0.1, 0.15) is 31.9 Å². The largest absolute Gasteiger partial charge is 0.494 e. The van der Waals surface area contributed by atoms with Crippen molar-refractivity contribution in [3.63, 3.8) is 0 Å². The van der Waals surface area contributed by atoms with Gasteiger partial charge in [-0.15, -0.1) is 0 Å². The lowest BCUT2D eigenvalue weighted by atomic mass is 9.93. The third kappa shape index (κ3) is 4.38. The fraction of sp³-hybridized carbons (Fsp3) is 0.214. The molecule has 2 aromatic carbocycles. The van der Waals surface area contributed by atoms with Crippen molar-refractivity contribution in [2.75, 3.05) is 13.2 Å². The quantitative estimate of drug-likeness (QED) is 0.382. The van der Waals surface area contributed by atoms with Crippen LogP contribution in [0.2, 0.25) is 0 Å². The topological polar surface area (TPSA) is 88.2 Å². The van der Waals surface area contributed by atoms with E-state index in [1.165, 1.54) is 0 Å². The maximum absolute atomic E-state index is 13.2. The van der Waals surface area contributed by atoms with Gasteiger partial charge in [0.2, 0.25) is 0 Å². The number of ether oxygens (including phenoxy) is 1. The number of nitrogens with zero attached hydrogens (tertiary/aromatic N) is 4. The molecule has 0 bridgehead atoms. The summed E-state index contributed by atoms with van der Waals surface area (Å²) in [5.41, 5.74) is 4.77. The van der Waals surface area contributed by atoms with Crippen LogP contribution in [0.4, 0.5) is 0 Å². The van der Waals surface area contributed by atoms with Crippen molar-refractivity contribution in [1.29, 1.82) is 5.26 Å². The Morgan fingerprint density at radius 3 is 2.43 bits per heavy atom. The van der Waals surface area contributed by atoms with E-state index in [1.54, 1.807) is 24.6 Å². The van der Waals surface area contributed by atoms with Gasteiger partial charge in [0.1, 0.15) is 23.1 Å². The lowest BCUT2D eigenvalue weighted by Crippen LogP contribution is -2.42. The summed E-state index contributed by atoms with van der Waals surface area (Å²) in [6.45, 7) is 8.02. The molecule has 7 heteroatoms. The zero-order valence-electron chi connectivity index (χ0n) is 20.2. The number of likely N-dealkylation sites (N-methyl/N-ethyl adjacent to an activating group) is 1.